The lowest BCUT2D eigenvalue weighted by atomic mass is 10.1. The molecule has 0 aliphatic carbocycles. The second-order valence-corrected chi connectivity index (χ2v) is 8.16. The standard InChI is InChI=1S/C14H10Br2ClNO2S/c1-2-18-9-4-3-7(5-10(9)20-14(18)19)12(17)11-6-8(15)13(16)21-11/h3-6,12H,2H2,1H3. The zero-order valence-electron chi connectivity index (χ0n) is 10.9. The average molecular weight is 452 g/mol. The molecule has 0 saturated heterocycles. The number of nitrogens with zero attached hydrogens (tertiary/aromatic N) is 1. The molecule has 1 atom stereocenters. The number of alkyl halides is 1. The molecule has 1 aromatic carbocycles. The summed E-state index contributed by atoms with van der Waals surface area (Å²) in [4.78, 5) is 12.7. The van der Waals surface area contributed by atoms with Gasteiger partial charge in [0.05, 0.1) is 14.7 Å². The Bertz CT molecular complexity index is 848. The molecule has 3 nitrogen and oxygen atoms in total. The molecule has 0 amide bonds. The van der Waals surface area contributed by atoms with E-state index in [9.17, 15) is 4.79 Å². The van der Waals surface area contributed by atoms with Gasteiger partial charge in [-0.05, 0) is 62.5 Å². The molecule has 7 heteroatoms. The Labute approximate surface area is 146 Å². The maximum atomic E-state index is 11.7. The normalized spacial score (nSPS) is 13.0. The lowest BCUT2D eigenvalue weighted by molar-refractivity contribution is 0.513. The fraction of sp³-hybridized carbons (Fsp3) is 0.214. The predicted molar refractivity (Wildman–Crippen MR) is 93.6 cm³/mol. The first kappa shape index (κ1) is 15.3. The number of halogens is 3. The molecule has 2 heterocycles. The van der Waals surface area contributed by atoms with Crippen LogP contribution in [0.2, 0.25) is 0 Å². The minimum atomic E-state index is -0.336. The second kappa shape index (κ2) is 5.91. The molecule has 3 aromatic rings. The van der Waals surface area contributed by atoms with Gasteiger partial charge in [0.25, 0.3) is 0 Å². The summed E-state index contributed by atoms with van der Waals surface area (Å²) in [5.74, 6) is -0.336. The van der Waals surface area contributed by atoms with Crippen LogP contribution in [0, 0.1) is 0 Å². The van der Waals surface area contributed by atoms with Crippen molar-refractivity contribution in [1.29, 1.82) is 0 Å². The van der Waals surface area contributed by atoms with E-state index in [1.807, 2.05) is 31.2 Å². The molecule has 0 bridgehead atoms. The first-order valence-corrected chi connectivity index (χ1v) is 9.07. The fourth-order valence-electron chi connectivity index (χ4n) is 2.19. The monoisotopic (exact) mass is 449 g/mol. The molecule has 0 radical (unpaired) electrons. The molecule has 0 spiro atoms. The molecule has 0 N–H and O–H groups in total. The highest BCUT2D eigenvalue weighted by Crippen LogP contribution is 2.40. The van der Waals surface area contributed by atoms with Crippen LogP contribution in [0.15, 0.2) is 41.7 Å². The van der Waals surface area contributed by atoms with Gasteiger partial charge in [0.2, 0.25) is 0 Å². The summed E-state index contributed by atoms with van der Waals surface area (Å²) in [7, 11) is 0. The van der Waals surface area contributed by atoms with Crippen molar-refractivity contribution in [2.45, 2.75) is 18.8 Å². The van der Waals surface area contributed by atoms with E-state index in [2.05, 4.69) is 31.9 Å². The van der Waals surface area contributed by atoms with Crippen LogP contribution in [0.1, 0.15) is 22.7 Å². The van der Waals surface area contributed by atoms with Crippen molar-refractivity contribution in [3.8, 4) is 0 Å². The van der Waals surface area contributed by atoms with Gasteiger partial charge >= 0.3 is 5.76 Å². The highest BCUT2D eigenvalue weighted by Gasteiger charge is 2.17. The Morgan fingerprint density at radius 3 is 2.76 bits per heavy atom. The van der Waals surface area contributed by atoms with Crippen molar-refractivity contribution in [2.24, 2.45) is 0 Å². The van der Waals surface area contributed by atoms with E-state index in [0.29, 0.717) is 12.1 Å². The average Bonchev–Trinajstić information content (AvgIpc) is 2.96. The number of hydrogen-bond donors (Lipinski definition) is 0. The third-order valence-electron chi connectivity index (χ3n) is 3.22. The van der Waals surface area contributed by atoms with Gasteiger partial charge in [-0.15, -0.1) is 22.9 Å². The third kappa shape index (κ3) is 2.74. The number of aromatic nitrogens is 1. The van der Waals surface area contributed by atoms with Gasteiger partial charge < -0.3 is 4.42 Å². The van der Waals surface area contributed by atoms with Gasteiger partial charge in [-0.2, -0.15) is 0 Å². The molecule has 110 valence electrons. The third-order valence-corrected chi connectivity index (χ3v) is 7.15. The minimum absolute atomic E-state index is 0.280. The lowest BCUT2D eigenvalue weighted by Crippen LogP contribution is -2.11. The van der Waals surface area contributed by atoms with Crippen molar-refractivity contribution in [3.63, 3.8) is 0 Å². The van der Waals surface area contributed by atoms with Crippen LogP contribution >= 0.6 is 54.8 Å². The van der Waals surface area contributed by atoms with Crippen LogP contribution in [0.4, 0.5) is 0 Å². The van der Waals surface area contributed by atoms with Gasteiger partial charge in [0, 0.05) is 15.9 Å². The van der Waals surface area contributed by atoms with E-state index in [-0.39, 0.29) is 11.1 Å². The molecule has 0 saturated carbocycles. The Morgan fingerprint density at radius 1 is 1.38 bits per heavy atom. The largest absolute Gasteiger partial charge is 0.419 e. The highest BCUT2D eigenvalue weighted by atomic mass is 79.9. The Hall–Kier alpha value is -0.560. The van der Waals surface area contributed by atoms with Crippen LogP contribution in [0.25, 0.3) is 11.1 Å². The van der Waals surface area contributed by atoms with E-state index in [1.165, 1.54) is 0 Å². The van der Waals surface area contributed by atoms with Crippen molar-refractivity contribution in [2.75, 3.05) is 0 Å². The van der Waals surface area contributed by atoms with E-state index >= 15 is 0 Å². The van der Waals surface area contributed by atoms with Crippen molar-refractivity contribution in [1.82, 2.24) is 4.57 Å². The number of hydrogen-bond acceptors (Lipinski definition) is 3. The predicted octanol–water partition coefficient (Wildman–Crippen LogP) is 5.53. The molecule has 0 fully saturated rings. The van der Waals surface area contributed by atoms with Gasteiger partial charge in [-0.3, -0.25) is 4.57 Å². The van der Waals surface area contributed by atoms with Crippen LogP contribution in [0.5, 0.6) is 0 Å². The van der Waals surface area contributed by atoms with Gasteiger partial charge in [-0.25, -0.2) is 4.79 Å². The topological polar surface area (TPSA) is 35.1 Å². The second-order valence-electron chi connectivity index (χ2n) is 4.47. The van der Waals surface area contributed by atoms with E-state index < -0.39 is 0 Å². The fourth-order valence-corrected chi connectivity index (χ4v) is 4.62. The molecule has 2 aromatic heterocycles. The van der Waals surface area contributed by atoms with Crippen LogP contribution in [-0.4, -0.2) is 4.57 Å². The lowest BCUT2D eigenvalue weighted by Gasteiger charge is -2.07. The summed E-state index contributed by atoms with van der Waals surface area (Å²) >= 11 is 15.0. The van der Waals surface area contributed by atoms with E-state index in [1.54, 1.807) is 15.9 Å². The summed E-state index contributed by atoms with van der Waals surface area (Å²) in [6.45, 7) is 2.50. The molecule has 0 aliphatic rings. The van der Waals surface area contributed by atoms with Crippen molar-refractivity contribution in [3.05, 3.63) is 53.5 Å². The quantitative estimate of drug-likeness (QED) is 0.491. The maximum Gasteiger partial charge on any atom is 0.419 e. The molecule has 1 unspecified atom stereocenters. The smallest absolute Gasteiger partial charge is 0.408 e. The summed E-state index contributed by atoms with van der Waals surface area (Å²) in [5.41, 5.74) is 2.27. The number of rotatable bonds is 3. The molecular formula is C14H10Br2ClNO2S. The minimum Gasteiger partial charge on any atom is -0.408 e. The number of fused-ring (bicyclic) bond motifs is 1. The van der Waals surface area contributed by atoms with Gasteiger partial charge in [-0.1, -0.05) is 6.07 Å². The zero-order chi connectivity index (χ0) is 15.1. The molecule has 0 aliphatic heterocycles. The Kier molecular flexibility index (Phi) is 4.32. The van der Waals surface area contributed by atoms with Crippen molar-refractivity contribution >= 4 is 65.9 Å². The Morgan fingerprint density at radius 2 is 2.14 bits per heavy atom. The SMILES string of the molecule is CCn1c(=O)oc2cc(C(Cl)c3cc(Br)c(Br)s3)ccc21. The first-order chi connectivity index (χ1) is 10.0. The van der Waals surface area contributed by atoms with Gasteiger partial charge in [0.1, 0.15) is 0 Å². The Balaban J connectivity index is 2.06. The number of benzene rings is 1. The summed E-state index contributed by atoms with van der Waals surface area (Å²) in [6.07, 6.45) is 0. The summed E-state index contributed by atoms with van der Waals surface area (Å²) < 4.78 is 8.87. The molecular weight excluding hydrogens is 441 g/mol. The van der Waals surface area contributed by atoms with Gasteiger partial charge in [0.15, 0.2) is 5.58 Å². The highest BCUT2D eigenvalue weighted by molar-refractivity contribution is 9.13. The van der Waals surface area contributed by atoms with Crippen molar-refractivity contribution < 1.29 is 4.42 Å². The number of thiophene rings is 1. The number of aryl methyl sites for hydroxylation is 1. The maximum absolute atomic E-state index is 11.7. The van der Waals surface area contributed by atoms with Crippen LogP contribution in [-0.2, 0) is 6.54 Å². The van der Waals surface area contributed by atoms with Crippen LogP contribution in [0.3, 0.4) is 0 Å². The van der Waals surface area contributed by atoms with E-state index in [4.69, 9.17) is 16.0 Å². The summed E-state index contributed by atoms with van der Waals surface area (Å²) in [6, 6.07) is 7.64. The van der Waals surface area contributed by atoms with E-state index in [0.717, 1.165) is 24.2 Å². The number of oxazole rings is 1. The van der Waals surface area contributed by atoms with Crippen LogP contribution < -0.4 is 5.76 Å². The summed E-state index contributed by atoms with van der Waals surface area (Å²) in [5, 5.41) is -0.280. The zero-order valence-corrected chi connectivity index (χ0v) is 15.6. The molecule has 21 heavy (non-hydrogen) atoms. The first-order valence-electron chi connectivity index (χ1n) is 6.23. The molecule has 3 rings (SSSR count).